The first-order valence-corrected chi connectivity index (χ1v) is 10.2. The summed E-state index contributed by atoms with van der Waals surface area (Å²) in [5.41, 5.74) is 0.374. The number of amides is 1. The molecular formula is C17H18ClFN2O4S. The Hall–Kier alpha value is -1.90. The van der Waals surface area contributed by atoms with E-state index < -0.39 is 15.7 Å². The number of nitrogens with zero attached hydrogens (tertiary/aromatic N) is 1. The van der Waals surface area contributed by atoms with Gasteiger partial charge in [0, 0.05) is 11.7 Å². The van der Waals surface area contributed by atoms with Crippen LogP contribution in [0, 0.1) is 5.82 Å². The Morgan fingerprint density at radius 1 is 1.38 bits per heavy atom. The zero-order valence-electron chi connectivity index (χ0n) is 13.8. The first-order chi connectivity index (χ1) is 12.3. The molecule has 1 saturated heterocycles. The highest BCUT2D eigenvalue weighted by atomic mass is 35.5. The van der Waals surface area contributed by atoms with Crippen molar-refractivity contribution < 1.29 is 22.0 Å². The van der Waals surface area contributed by atoms with Gasteiger partial charge in [0.15, 0.2) is 9.84 Å². The molecule has 0 unspecified atom stereocenters. The highest BCUT2D eigenvalue weighted by Gasteiger charge is 2.33. The molecule has 1 fully saturated rings. The van der Waals surface area contributed by atoms with Crippen LogP contribution in [0.1, 0.15) is 12.2 Å². The average Bonchev–Trinajstić information content (AvgIpc) is 3.19. The zero-order valence-corrected chi connectivity index (χ0v) is 15.4. The van der Waals surface area contributed by atoms with Gasteiger partial charge in [-0.3, -0.25) is 9.69 Å². The third kappa shape index (κ3) is 4.84. The Kier molecular flexibility index (Phi) is 5.64. The number of carbonyl (C=O) groups excluding carboxylic acids is 1. The Balaban J connectivity index is 1.69. The second kappa shape index (κ2) is 7.77. The van der Waals surface area contributed by atoms with E-state index in [1.807, 2.05) is 0 Å². The van der Waals surface area contributed by atoms with E-state index in [1.165, 1.54) is 24.5 Å². The minimum atomic E-state index is -3.09. The smallest absolute Gasteiger partial charge is 0.238 e. The molecule has 6 nitrogen and oxygen atoms in total. The van der Waals surface area contributed by atoms with E-state index in [-0.39, 0.29) is 35.0 Å². The lowest BCUT2D eigenvalue weighted by Crippen LogP contribution is -2.41. The molecule has 26 heavy (non-hydrogen) atoms. The van der Waals surface area contributed by atoms with Crippen molar-refractivity contribution in [2.75, 3.05) is 23.4 Å². The predicted molar refractivity (Wildman–Crippen MR) is 96.2 cm³/mol. The lowest BCUT2D eigenvalue weighted by atomic mass is 10.2. The van der Waals surface area contributed by atoms with Crippen molar-refractivity contribution >= 4 is 33.0 Å². The van der Waals surface area contributed by atoms with Crippen LogP contribution in [0.15, 0.2) is 41.0 Å². The Labute approximate surface area is 155 Å². The van der Waals surface area contributed by atoms with Crippen LogP contribution in [0.5, 0.6) is 0 Å². The lowest BCUT2D eigenvalue weighted by molar-refractivity contribution is -0.118. The Bertz CT molecular complexity index is 886. The number of halogens is 2. The fourth-order valence-electron chi connectivity index (χ4n) is 2.94. The van der Waals surface area contributed by atoms with Crippen LogP contribution in [-0.4, -0.2) is 43.3 Å². The van der Waals surface area contributed by atoms with Gasteiger partial charge in [-0.25, -0.2) is 12.8 Å². The molecule has 1 aromatic heterocycles. The number of hydrogen-bond acceptors (Lipinski definition) is 5. The average molecular weight is 401 g/mol. The van der Waals surface area contributed by atoms with Gasteiger partial charge in [-0.05, 0) is 36.8 Å². The van der Waals surface area contributed by atoms with Gasteiger partial charge in [0.25, 0.3) is 0 Å². The van der Waals surface area contributed by atoms with Crippen LogP contribution in [0.3, 0.4) is 0 Å². The molecule has 0 saturated carbocycles. The number of furan rings is 1. The summed E-state index contributed by atoms with van der Waals surface area (Å²) in [7, 11) is -3.09. The molecule has 3 rings (SSSR count). The quantitative estimate of drug-likeness (QED) is 0.806. The van der Waals surface area contributed by atoms with Crippen LogP contribution in [0.2, 0.25) is 5.02 Å². The molecular weight excluding hydrogens is 383 g/mol. The molecule has 1 atom stereocenters. The van der Waals surface area contributed by atoms with Gasteiger partial charge < -0.3 is 9.73 Å². The van der Waals surface area contributed by atoms with Gasteiger partial charge in [-0.15, -0.1) is 0 Å². The second-order valence-corrected chi connectivity index (χ2v) is 8.85. The summed E-state index contributed by atoms with van der Waals surface area (Å²) in [5, 5.41) is 2.57. The predicted octanol–water partition coefficient (Wildman–Crippen LogP) is 2.70. The van der Waals surface area contributed by atoms with Crippen LogP contribution in [-0.2, 0) is 21.2 Å². The molecule has 1 aliphatic rings. The van der Waals surface area contributed by atoms with E-state index in [2.05, 4.69) is 5.32 Å². The first-order valence-electron chi connectivity index (χ1n) is 8.04. The summed E-state index contributed by atoms with van der Waals surface area (Å²) in [5.74, 6) is -0.138. The Morgan fingerprint density at radius 2 is 2.19 bits per heavy atom. The molecule has 9 heteroatoms. The van der Waals surface area contributed by atoms with Crippen molar-refractivity contribution in [3.63, 3.8) is 0 Å². The van der Waals surface area contributed by atoms with Gasteiger partial charge >= 0.3 is 0 Å². The molecule has 1 N–H and O–H groups in total. The fraction of sp³-hybridized carbons (Fsp3) is 0.353. The van der Waals surface area contributed by atoms with E-state index in [0.29, 0.717) is 24.4 Å². The molecule has 0 aliphatic carbocycles. The number of nitrogens with one attached hydrogen (secondary N) is 1. The number of hydrogen-bond donors (Lipinski definition) is 1. The fourth-order valence-corrected chi connectivity index (χ4v) is 4.88. The van der Waals surface area contributed by atoms with Crippen LogP contribution < -0.4 is 5.32 Å². The molecule has 2 heterocycles. The SMILES string of the molecule is O=C(CN(Cc1ccco1)[C@H]1CCS(=O)(=O)C1)Nc1ccc(F)c(Cl)c1. The molecule has 2 aromatic rings. The van der Waals surface area contributed by atoms with Crippen LogP contribution >= 0.6 is 11.6 Å². The van der Waals surface area contributed by atoms with Gasteiger partial charge in [0.2, 0.25) is 5.91 Å². The van der Waals surface area contributed by atoms with Gasteiger partial charge in [0.1, 0.15) is 11.6 Å². The molecule has 1 amide bonds. The summed E-state index contributed by atoms with van der Waals surface area (Å²) in [6, 6.07) is 7.16. The molecule has 0 spiro atoms. The standard InChI is InChI=1S/C17H18ClFN2O4S/c18-15-8-12(3-4-16(15)19)20-17(22)10-21(9-14-2-1-6-25-14)13-5-7-26(23,24)11-13/h1-4,6,8,13H,5,7,9-11H2,(H,20,22)/t13-/m0/s1. The highest BCUT2D eigenvalue weighted by molar-refractivity contribution is 7.91. The number of benzene rings is 1. The van der Waals surface area contributed by atoms with Crippen molar-refractivity contribution in [3.8, 4) is 0 Å². The monoisotopic (exact) mass is 400 g/mol. The van der Waals surface area contributed by atoms with Crippen LogP contribution in [0.4, 0.5) is 10.1 Å². The summed E-state index contributed by atoms with van der Waals surface area (Å²) < 4.78 is 42.1. The third-order valence-corrected chi connectivity index (χ3v) is 6.25. The third-order valence-electron chi connectivity index (χ3n) is 4.21. The van der Waals surface area contributed by atoms with E-state index >= 15 is 0 Å². The van der Waals surface area contributed by atoms with E-state index in [0.717, 1.165) is 0 Å². The number of rotatable bonds is 6. The summed E-state index contributed by atoms with van der Waals surface area (Å²) in [4.78, 5) is 14.2. The van der Waals surface area contributed by atoms with Crippen molar-refractivity contribution in [2.45, 2.75) is 19.0 Å². The maximum atomic E-state index is 13.2. The van der Waals surface area contributed by atoms with E-state index in [9.17, 15) is 17.6 Å². The van der Waals surface area contributed by atoms with Gasteiger partial charge in [0.05, 0.1) is 35.9 Å². The molecule has 140 valence electrons. The summed E-state index contributed by atoms with van der Waals surface area (Å²) in [6.07, 6.45) is 2.00. The van der Waals surface area contributed by atoms with Crippen molar-refractivity contribution in [1.82, 2.24) is 4.90 Å². The van der Waals surface area contributed by atoms with Crippen molar-refractivity contribution in [1.29, 1.82) is 0 Å². The number of sulfone groups is 1. The van der Waals surface area contributed by atoms with E-state index in [1.54, 1.807) is 17.0 Å². The van der Waals surface area contributed by atoms with Gasteiger partial charge in [-0.2, -0.15) is 0 Å². The van der Waals surface area contributed by atoms with Crippen molar-refractivity contribution in [3.05, 3.63) is 53.2 Å². The number of carbonyl (C=O) groups is 1. The maximum Gasteiger partial charge on any atom is 0.238 e. The van der Waals surface area contributed by atoms with Crippen LogP contribution in [0.25, 0.3) is 0 Å². The lowest BCUT2D eigenvalue weighted by Gasteiger charge is -2.26. The molecule has 1 aromatic carbocycles. The molecule has 1 aliphatic heterocycles. The second-order valence-electron chi connectivity index (χ2n) is 6.22. The Morgan fingerprint density at radius 3 is 2.81 bits per heavy atom. The largest absolute Gasteiger partial charge is 0.468 e. The zero-order chi connectivity index (χ0) is 18.7. The van der Waals surface area contributed by atoms with E-state index in [4.69, 9.17) is 16.0 Å². The highest BCUT2D eigenvalue weighted by Crippen LogP contribution is 2.22. The topological polar surface area (TPSA) is 79.6 Å². The maximum absolute atomic E-state index is 13.2. The summed E-state index contributed by atoms with van der Waals surface area (Å²) in [6.45, 7) is 0.306. The molecule has 0 radical (unpaired) electrons. The van der Waals surface area contributed by atoms with Crippen molar-refractivity contribution in [2.24, 2.45) is 0 Å². The minimum absolute atomic E-state index is 0.0172. The van der Waals surface area contributed by atoms with Gasteiger partial charge in [-0.1, -0.05) is 11.6 Å². The normalized spacial score (nSPS) is 19.0. The number of anilines is 1. The first kappa shape index (κ1) is 18.9. The minimum Gasteiger partial charge on any atom is -0.468 e. The molecule has 0 bridgehead atoms. The summed E-state index contributed by atoms with van der Waals surface area (Å²) >= 11 is 5.72.